The predicted molar refractivity (Wildman–Crippen MR) is 188 cm³/mol. The highest BCUT2D eigenvalue weighted by Gasteiger charge is 2.51. The molecule has 2 aromatic heterocycles. The number of H-pyrrole nitrogens is 1. The summed E-state index contributed by atoms with van der Waals surface area (Å²) in [5.41, 5.74) is 0.0398. The van der Waals surface area contributed by atoms with Gasteiger partial charge in [-0.2, -0.15) is 10.1 Å². The van der Waals surface area contributed by atoms with Gasteiger partial charge in [0.05, 0.1) is 25.2 Å². The van der Waals surface area contributed by atoms with Gasteiger partial charge in [-0.25, -0.2) is 9.67 Å². The molecule has 0 spiro atoms. The van der Waals surface area contributed by atoms with Crippen molar-refractivity contribution >= 4 is 63.6 Å². The minimum absolute atomic E-state index is 0.0648. The monoisotopic (exact) mass is 666 g/mol. The molecule has 4 aromatic rings. The van der Waals surface area contributed by atoms with Crippen molar-refractivity contribution < 1.29 is 13.9 Å². The third-order valence-corrected chi connectivity index (χ3v) is 14.8. The van der Waals surface area contributed by atoms with E-state index >= 15 is 0 Å². The molecule has 1 N–H and O–H groups in total. The van der Waals surface area contributed by atoms with E-state index in [4.69, 9.17) is 13.9 Å². The maximum absolute atomic E-state index is 12.9. The first-order chi connectivity index (χ1) is 21.5. The van der Waals surface area contributed by atoms with Gasteiger partial charge in [0.25, 0.3) is 13.9 Å². The van der Waals surface area contributed by atoms with Gasteiger partial charge < -0.3 is 18.8 Å². The Morgan fingerprint density at radius 1 is 1.16 bits per heavy atom. The molecule has 1 saturated heterocycles. The number of aromatic amines is 1. The van der Waals surface area contributed by atoms with Crippen LogP contribution < -0.4 is 15.9 Å². The lowest BCUT2D eigenvalue weighted by Crippen LogP contribution is -2.67. The van der Waals surface area contributed by atoms with E-state index < -0.39 is 14.5 Å². The third kappa shape index (κ3) is 7.23. The minimum atomic E-state index is -2.81. The summed E-state index contributed by atoms with van der Waals surface area (Å²) in [7, 11) is 4.21. The largest absolute Gasteiger partial charge is 0.405 e. The smallest absolute Gasteiger partial charge is 0.263 e. The fraction of sp³-hybridized carbons (Fsp3) is 0.438. The van der Waals surface area contributed by atoms with Crippen LogP contribution in [-0.4, -0.2) is 83.9 Å². The number of hydrogen-bond donors (Lipinski definition) is 1. The second-order valence-electron chi connectivity index (χ2n) is 12.3. The van der Waals surface area contributed by atoms with Crippen molar-refractivity contribution in [1.29, 1.82) is 0 Å². The quantitative estimate of drug-likeness (QED) is 0.0740. The van der Waals surface area contributed by atoms with Crippen LogP contribution in [0.25, 0.3) is 11.0 Å². The van der Waals surface area contributed by atoms with Crippen LogP contribution in [0.1, 0.15) is 40.3 Å². The zero-order valence-corrected chi connectivity index (χ0v) is 29.5. The van der Waals surface area contributed by atoms with E-state index in [1.807, 2.05) is 39.4 Å². The third-order valence-electron chi connectivity index (χ3n) is 7.79. The summed E-state index contributed by atoms with van der Waals surface area (Å²) in [4.78, 5) is 26.3. The highest BCUT2D eigenvalue weighted by atomic mass is 33.1. The zero-order valence-electron chi connectivity index (χ0n) is 26.8. The molecule has 1 unspecified atom stereocenters. The van der Waals surface area contributed by atoms with Crippen LogP contribution in [0, 0.1) is 0 Å². The molecule has 13 heteroatoms. The molecule has 1 fully saturated rings. The van der Waals surface area contributed by atoms with Gasteiger partial charge in [0, 0.05) is 20.5 Å². The van der Waals surface area contributed by atoms with Crippen LogP contribution in [0.15, 0.2) is 76.6 Å². The number of ether oxygens (including phenoxy) is 2. The van der Waals surface area contributed by atoms with Crippen molar-refractivity contribution in [3.63, 3.8) is 0 Å². The summed E-state index contributed by atoms with van der Waals surface area (Å²) >= 11 is 0. The molecular weight excluding hydrogens is 625 g/mol. The van der Waals surface area contributed by atoms with E-state index in [2.05, 4.69) is 89.4 Å². The molecular formula is C32H42N6O4S2Si. The summed E-state index contributed by atoms with van der Waals surface area (Å²) in [6.45, 7) is 9.17. The Balaban J connectivity index is 1.50. The fourth-order valence-electron chi connectivity index (χ4n) is 5.88. The van der Waals surface area contributed by atoms with Gasteiger partial charge in [0.15, 0.2) is 11.9 Å². The first-order valence-corrected chi connectivity index (χ1v) is 19.5. The van der Waals surface area contributed by atoms with Crippen LogP contribution in [-0.2, 0) is 13.9 Å². The lowest BCUT2D eigenvalue weighted by atomic mass is 10.2. The summed E-state index contributed by atoms with van der Waals surface area (Å²) in [5.74, 6) is 0.199. The topological polar surface area (TPSA) is 107 Å². The molecule has 4 atom stereocenters. The Kier molecular flexibility index (Phi) is 10.6. The fourth-order valence-corrected chi connectivity index (χ4v) is 11.9. The molecule has 1 aliphatic heterocycles. The standard InChI is InChI=1S/C32H42N6O4S2Si/c1-22(44-43-7)41-26-18-28(38-29-25(19-34-38)30(39)36-31(35-29)33-21-37(5)6)42-27(26)20-40-45(32(2,3)4,23-14-10-8-11-15-23)24-16-12-9-13-17-24/h8-17,19,21-22,26-28H,18,20H2,1-7H3,(H,35,36,39)/t22-,26?,27+,28+/m0/s1. The number of nitrogens with one attached hydrogen (secondary N) is 1. The zero-order chi connectivity index (χ0) is 32.2. The Morgan fingerprint density at radius 2 is 1.80 bits per heavy atom. The van der Waals surface area contributed by atoms with Crippen LogP contribution >= 0.6 is 21.6 Å². The Morgan fingerprint density at radius 3 is 2.38 bits per heavy atom. The van der Waals surface area contributed by atoms with E-state index in [1.54, 1.807) is 37.5 Å². The second kappa shape index (κ2) is 14.2. The minimum Gasteiger partial charge on any atom is -0.405 e. The van der Waals surface area contributed by atoms with Gasteiger partial charge >= 0.3 is 0 Å². The average Bonchev–Trinajstić information content (AvgIpc) is 3.61. The Bertz CT molecular complexity index is 1600. The van der Waals surface area contributed by atoms with Gasteiger partial charge in [-0.3, -0.25) is 9.78 Å². The van der Waals surface area contributed by atoms with E-state index in [0.717, 1.165) is 0 Å². The number of nitrogens with zero attached hydrogens (tertiary/aromatic N) is 5. The van der Waals surface area contributed by atoms with E-state index in [-0.39, 0.29) is 34.2 Å². The molecule has 5 rings (SSSR count). The van der Waals surface area contributed by atoms with Crippen LogP contribution in [0.3, 0.4) is 0 Å². The van der Waals surface area contributed by atoms with Gasteiger partial charge in [0.2, 0.25) is 5.95 Å². The van der Waals surface area contributed by atoms with Gasteiger partial charge in [-0.1, -0.05) is 103 Å². The molecule has 0 radical (unpaired) electrons. The number of aromatic nitrogens is 4. The summed E-state index contributed by atoms with van der Waals surface area (Å²) in [5, 5.41) is 7.15. The van der Waals surface area contributed by atoms with E-state index in [1.165, 1.54) is 16.6 Å². The normalized spacial score (nSPS) is 19.8. The van der Waals surface area contributed by atoms with Crippen LogP contribution in [0.5, 0.6) is 0 Å². The SMILES string of the molecule is CSS[C@@H](C)OC1C[C@H](n2ncc3c(=O)[nH]c(N=CN(C)C)nc32)O[C@@H]1CO[Si](c1ccccc1)(c1ccccc1)C(C)(C)C. The van der Waals surface area contributed by atoms with Crippen LogP contribution in [0.2, 0.25) is 5.04 Å². The molecule has 45 heavy (non-hydrogen) atoms. The lowest BCUT2D eigenvalue weighted by Gasteiger charge is -2.43. The lowest BCUT2D eigenvalue weighted by molar-refractivity contribution is -0.0623. The first kappa shape index (κ1) is 33.4. The highest BCUT2D eigenvalue weighted by molar-refractivity contribution is 8.76. The second-order valence-corrected chi connectivity index (χ2v) is 19.3. The summed E-state index contributed by atoms with van der Waals surface area (Å²) in [6.07, 6.45) is 4.52. The maximum Gasteiger partial charge on any atom is 0.263 e. The van der Waals surface area contributed by atoms with Crippen molar-refractivity contribution in [3.05, 3.63) is 77.2 Å². The average molecular weight is 667 g/mol. The number of hydrogen-bond acceptors (Lipinski definition) is 9. The Labute approximate surface area is 273 Å². The van der Waals surface area contributed by atoms with Crippen molar-refractivity contribution in [2.75, 3.05) is 27.0 Å². The van der Waals surface area contributed by atoms with E-state index in [9.17, 15) is 4.79 Å². The summed E-state index contributed by atoms with van der Waals surface area (Å²) < 4.78 is 22.2. The molecule has 1 aliphatic rings. The number of rotatable bonds is 12. The highest BCUT2D eigenvalue weighted by Crippen LogP contribution is 2.39. The molecule has 2 aromatic carbocycles. The van der Waals surface area contributed by atoms with Crippen molar-refractivity contribution in [1.82, 2.24) is 24.6 Å². The number of fused-ring (bicyclic) bond motifs is 1. The van der Waals surface area contributed by atoms with Gasteiger partial charge in [0.1, 0.15) is 16.9 Å². The molecule has 0 amide bonds. The molecule has 10 nitrogen and oxygen atoms in total. The van der Waals surface area contributed by atoms with Crippen molar-refractivity contribution in [3.8, 4) is 0 Å². The molecule has 0 aliphatic carbocycles. The Hall–Kier alpha value is -2.94. The summed E-state index contributed by atoms with van der Waals surface area (Å²) in [6, 6.07) is 21.1. The maximum atomic E-state index is 12.9. The predicted octanol–water partition coefficient (Wildman–Crippen LogP) is 4.95. The number of benzene rings is 2. The molecule has 0 saturated carbocycles. The van der Waals surface area contributed by atoms with Crippen LogP contribution in [0.4, 0.5) is 5.95 Å². The van der Waals surface area contributed by atoms with Gasteiger partial charge in [-0.05, 0) is 28.6 Å². The molecule has 0 bridgehead atoms. The van der Waals surface area contributed by atoms with E-state index in [0.29, 0.717) is 24.1 Å². The first-order valence-electron chi connectivity index (χ1n) is 15.0. The molecule has 3 heterocycles. The molecule has 240 valence electrons. The van der Waals surface area contributed by atoms with Crippen molar-refractivity contribution in [2.24, 2.45) is 4.99 Å². The number of aliphatic imine (C=N–C) groups is 1. The van der Waals surface area contributed by atoms with Gasteiger partial charge in [-0.15, -0.1) is 0 Å². The van der Waals surface area contributed by atoms with Crippen molar-refractivity contribution in [2.45, 2.75) is 63.0 Å².